The van der Waals surface area contributed by atoms with E-state index < -0.39 is 0 Å². The van der Waals surface area contributed by atoms with Gasteiger partial charge in [0.25, 0.3) is 0 Å². The van der Waals surface area contributed by atoms with Crippen LogP contribution in [0.5, 0.6) is 0 Å². The Balaban J connectivity index is 1.16. The largest absolute Gasteiger partial charge is 0.456 e. The zero-order chi connectivity index (χ0) is 31.3. The first-order valence-electron chi connectivity index (χ1n) is 16.1. The summed E-state index contributed by atoms with van der Waals surface area (Å²) in [5.41, 5.74) is 11.3. The quantitative estimate of drug-likeness (QED) is 0.199. The highest BCUT2D eigenvalue weighted by Gasteiger charge is 2.19. The first-order chi connectivity index (χ1) is 23.8. The van der Waals surface area contributed by atoms with Gasteiger partial charge in [-0.25, -0.2) is 0 Å². The lowest BCUT2D eigenvalue weighted by molar-refractivity contribution is 0.574. The lowest BCUT2D eigenvalue weighted by atomic mass is 10.00. The first-order valence-corrected chi connectivity index (χ1v) is 16.1. The number of furan rings is 1. The topological polar surface area (TPSA) is 49.0 Å². The molecular weight excluding hydrogens is 590 g/mol. The van der Waals surface area contributed by atoms with Crippen LogP contribution in [0.3, 0.4) is 0 Å². The van der Waals surface area contributed by atoms with E-state index in [1.54, 1.807) is 0 Å². The van der Waals surface area contributed by atoms with E-state index in [2.05, 4.69) is 124 Å². The van der Waals surface area contributed by atoms with E-state index in [0.717, 1.165) is 82.7 Å². The lowest BCUT2D eigenvalue weighted by Gasteiger charge is -2.08. The van der Waals surface area contributed by atoms with Crippen molar-refractivity contribution in [1.82, 2.24) is 14.1 Å². The Bertz CT molecular complexity index is 3030. The standard InChI is InChI=1S/C43H25N3O2/c1-2-10-28(11-3-1)45-37-20-18-27(23-32(37)33-24-34-30-13-5-8-16-40(30)47-42(34)25-39(33)45)26-19-21-38-31(22-26)29-12-4-7-15-36(29)46(38)43-44-35-14-6-9-17-41(35)48-43/h1-25H. The van der Waals surface area contributed by atoms with Gasteiger partial charge in [0, 0.05) is 44.1 Å². The maximum absolute atomic E-state index is 6.34. The molecule has 0 bridgehead atoms. The van der Waals surface area contributed by atoms with Crippen LogP contribution in [0.25, 0.3) is 99.5 Å². The van der Waals surface area contributed by atoms with Crippen molar-refractivity contribution in [3.05, 3.63) is 152 Å². The van der Waals surface area contributed by atoms with Gasteiger partial charge in [-0.3, -0.25) is 4.57 Å². The average molecular weight is 616 g/mol. The predicted molar refractivity (Wildman–Crippen MR) is 195 cm³/mol. The maximum Gasteiger partial charge on any atom is 0.307 e. The summed E-state index contributed by atoms with van der Waals surface area (Å²) >= 11 is 0. The lowest BCUT2D eigenvalue weighted by Crippen LogP contribution is -1.93. The number of fused-ring (bicyclic) bond motifs is 10. The van der Waals surface area contributed by atoms with Gasteiger partial charge < -0.3 is 13.4 Å². The fourth-order valence-corrected chi connectivity index (χ4v) is 7.59. The van der Waals surface area contributed by atoms with E-state index in [1.165, 1.54) is 10.8 Å². The van der Waals surface area contributed by atoms with Gasteiger partial charge in [0.05, 0.1) is 22.1 Å². The molecule has 0 radical (unpaired) electrons. The smallest absolute Gasteiger partial charge is 0.307 e. The number of para-hydroxylation sites is 5. The number of aromatic nitrogens is 3. The van der Waals surface area contributed by atoms with Gasteiger partial charge in [-0.1, -0.05) is 78.9 Å². The van der Waals surface area contributed by atoms with E-state index in [4.69, 9.17) is 13.8 Å². The van der Waals surface area contributed by atoms with Crippen LogP contribution in [0.1, 0.15) is 0 Å². The van der Waals surface area contributed by atoms with Crippen molar-refractivity contribution in [2.24, 2.45) is 0 Å². The molecule has 48 heavy (non-hydrogen) atoms. The zero-order valence-corrected chi connectivity index (χ0v) is 25.6. The van der Waals surface area contributed by atoms with E-state index in [0.29, 0.717) is 6.01 Å². The van der Waals surface area contributed by atoms with Crippen molar-refractivity contribution in [3.8, 4) is 22.8 Å². The molecule has 0 aliphatic carbocycles. The Morgan fingerprint density at radius 3 is 1.81 bits per heavy atom. The minimum atomic E-state index is 0.573. The molecule has 7 aromatic carbocycles. The van der Waals surface area contributed by atoms with Crippen LogP contribution in [0.4, 0.5) is 0 Å². The molecule has 0 amide bonds. The summed E-state index contributed by atoms with van der Waals surface area (Å²) in [6.07, 6.45) is 0. The van der Waals surface area contributed by atoms with Crippen LogP contribution in [0, 0.1) is 0 Å². The third kappa shape index (κ3) is 3.53. The fraction of sp³-hybridized carbons (Fsp3) is 0. The number of hydrogen-bond donors (Lipinski definition) is 0. The van der Waals surface area contributed by atoms with Crippen molar-refractivity contribution in [2.75, 3.05) is 0 Å². The fourth-order valence-electron chi connectivity index (χ4n) is 7.59. The van der Waals surface area contributed by atoms with E-state index >= 15 is 0 Å². The summed E-state index contributed by atoms with van der Waals surface area (Å²) in [5, 5.41) is 6.98. The molecule has 4 aromatic heterocycles. The molecule has 0 unspecified atom stereocenters. The summed E-state index contributed by atoms with van der Waals surface area (Å²) in [4.78, 5) is 4.85. The molecule has 11 rings (SSSR count). The summed E-state index contributed by atoms with van der Waals surface area (Å²) in [5.74, 6) is 0. The minimum Gasteiger partial charge on any atom is -0.456 e. The normalized spacial score (nSPS) is 12.2. The molecular formula is C43H25N3O2. The molecule has 0 saturated heterocycles. The molecule has 224 valence electrons. The summed E-state index contributed by atoms with van der Waals surface area (Å²) < 4.78 is 17.1. The molecule has 4 heterocycles. The van der Waals surface area contributed by atoms with Gasteiger partial charge in [0.2, 0.25) is 0 Å². The van der Waals surface area contributed by atoms with E-state index in [1.807, 2.05) is 36.4 Å². The minimum absolute atomic E-state index is 0.573. The molecule has 0 saturated carbocycles. The second-order valence-electron chi connectivity index (χ2n) is 12.4. The molecule has 5 nitrogen and oxygen atoms in total. The van der Waals surface area contributed by atoms with Gasteiger partial charge in [-0.2, -0.15) is 4.98 Å². The van der Waals surface area contributed by atoms with Gasteiger partial charge in [-0.15, -0.1) is 0 Å². The summed E-state index contributed by atoms with van der Waals surface area (Å²) in [7, 11) is 0. The van der Waals surface area contributed by atoms with Crippen LogP contribution >= 0.6 is 0 Å². The summed E-state index contributed by atoms with van der Waals surface area (Å²) in [6.45, 7) is 0. The van der Waals surface area contributed by atoms with Crippen molar-refractivity contribution in [2.45, 2.75) is 0 Å². The third-order valence-electron chi connectivity index (χ3n) is 9.76. The highest BCUT2D eigenvalue weighted by Crippen LogP contribution is 2.41. The first kappa shape index (κ1) is 25.6. The third-order valence-corrected chi connectivity index (χ3v) is 9.76. The van der Waals surface area contributed by atoms with Gasteiger partial charge in [-0.05, 0) is 77.9 Å². The van der Waals surface area contributed by atoms with Gasteiger partial charge in [0.1, 0.15) is 16.7 Å². The number of hydrogen-bond acceptors (Lipinski definition) is 3. The Labute approximate surface area is 273 Å². The molecule has 5 heteroatoms. The number of nitrogens with zero attached hydrogens (tertiary/aromatic N) is 3. The predicted octanol–water partition coefficient (Wildman–Crippen LogP) is 11.6. The number of benzene rings is 7. The van der Waals surface area contributed by atoms with Crippen LogP contribution < -0.4 is 0 Å². The number of rotatable bonds is 3. The van der Waals surface area contributed by atoms with Crippen molar-refractivity contribution in [3.63, 3.8) is 0 Å². The van der Waals surface area contributed by atoms with E-state index in [-0.39, 0.29) is 0 Å². The van der Waals surface area contributed by atoms with Gasteiger partial charge in [0.15, 0.2) is 5.58 Å². The zero-order valence-electron chi connectivity index (χ0n) is 25.6. The molecule has 0 fully saturated rings. The van der Waals surface area contributed by atoms with Gasteiger partial charge >= 0.3 is 6.01 Å². The Hall–Kier alpha value is -6.59. The highest BCUT2D eigenvalue weighted by atomic mass is 16.4. The van der Waals surface area contributed by atoms with E-state index in [9.17, 15) is 0 Å². The maximum atomic E-state index is 6.34. The van der Waals surface area contributed by atoms with Crippen LogP contribution in [0.15, 0.2) is 160 Å². The van der Waals surface area contributed by atoms with Crippen LogP contribution in [0.2, 0.25) is 0 Å². The average Bonchev–Trinajstić information content (AvgIpc) is 3.89. The van der Waals surface area contributed by atoms with Crippen molar-refractivity contribution in [1.29, 1.82) is 0 Å². The Morgan fingerprint density at radius 2 is 1.00 bits per heavy atom. The monoisotopic (exact) mass is 615 g/mol. The van der Waals surface area contributed by atoms with Crippen molar-refractivity contribution < 1.29 is 8.83 Å². The highest BCUT2D eigenvalue weighted by molar-refractivity contribution is 6.18. The van der Waals surface area contributed by atoms with Crippen molar-refractivity contribution >= 4 is 76.6 Å². The Morgan fingerprint density at radius 1 is 0.375 bits per heavy atom. The SMILES string of the molecule is c1ccc(-n2c3ccc(-c4ccc5c(c4)c4ccccc4n5-c4nc5ccccc5o4)cc3c3cc4c(cc32)oc2ccccc24)cc1. The molecule has 0 aliphatic heterocycles. The summed E-state index contributed by atoms with van der Waals surface area (Å²) in [6, 6.07) is 53.8. The molecule has 0 spiro atoms. The molecule has 0 N–H and O–H groups in total. The second kappa shape index (κ2) is 9.47. The second-order valence-corrected chi connectivity index (χ2v) is 12.4. The van der Waals surface area contributed by atoms with Crippen LogP contribution in [-0.4, -0.2) is 14.1 Å². The molecule has 0 atom stereocenters. The molecule has 11 aromatic rings. The molecule has 0 aliphatic rings. The Kier molecular flexibility index (Phi) is 5.05. The van der Waals surface area contributed by atoms with Crippen LogP contribution in [-0.2, 0) is 0 Å². The number of oxazole rings is 1.